The van der Waals surface area contributed by atoms with Crippen LogP contribution >= 0.6 is 31.9 Å². The van der Waals surface area contributed by atoms with Gasteiger partial charge in [-0.1, -0.05) is 0 Å². The summed E-state index contributed by atoms with van der Waals surface area (Å²) in [7, 11) is 8.75. The van der Waals surface area contributed by atoms with Crippen molar-refractivity contribution in [3.63, 3.8) is 0 Å². The fraction of sp³-hybridized carbons (Fsp3) is 0.429. The minimum atomic E-state index is -0.475. The van der Waals surface area contributed by atoms with Crippen molar-refractivity contribution in [3.8, 4) is 22.6 Å². The molecule has 1 saturated heterocycles. The quantitative estimate of drug-likeness (QED) is 0.0779. The van der Waals surface area contributed by atoms with Gasteiger partial charge in [0.25, 0.3) is 5.56 Å². The normalized spacial score (nSPS) is 14.1. The van der Waals surface area contributed by atoms with E-state index in [2.05, 4.69) is 47.1 Å². The van der Waals surface area contributed by atoms with E-state index in [4.69, 9.17) is 9.47 Å². The molecule has 1 fully saturated rings. The number of nitro groups is 1. The third-order valence-corrected chi connectivity index (χ3v) is 10.6. The predicted octanol–water partition coefficient (Wildman–Crippen LogP) is 6.06. The van der Waals surface area contributed by atoms with Gasteiger partial charge >= 0.3 is 5.82 Å². The lowest BCUT2D eigenvalue weighted by molar-refractivity contribution is -0.898. The number of amides is 1. The molecule has 0 atom stereocenters. The Kier molecular flexibility index (Phi) is 11.6. The molecule has 0 aliphatic carbocycles. The van der Waals surface area contributed by atoms with Crippen LogP contribution in [-0.2, 0) is 18.4 Å². The molecule has 0 radical (unpaired) electrons. The second-order valence-corrected chi connectivity index (χ2v) is 15.1. The number of fused-ring (bicyclic) bond motifs is 1. The fourth-order valence-corrected chi connectivity index (χ4v) is 8.05. The van der Waals surface area contributed by atoms with Gasteiger partial charge in [-0.05, 0) is 80.6 Å². The number of rotatable bonds is 12. The monoisotopic (exact) mass is 829 g/mol. The molecule has 16 heteroatoms. The van der Waals surface area contributed by atoms with Crippen molar-refractivity contribution in [1.82, 2.24) is 24.0 Å². The summed E-state index contributed by atoms with van der Waals surface area (Å²) in [4.78, 5) is 49.2. The Morgan fingerprint density at radius 3 is 2.35 bits per heavy atom. The Hall–Kier alpha value is -4.28. The number of aryl methyl sites for hydroxylation is 1. The summed E-state index contributed by atoms with van der Waals surface area (Å²) in [6.07, 6.45) is 7.74. The largest absolute Gasteiger partial charge is 0.495 e. The third kappa shape index (κ3) is 8.12. The SMILES string of the molecule is COc1cc(OC)c(Br)c(-c2cc3cnc(NC(C)C)cc3n(C3CCN(C(=O)/C=C/C[N+](C)(C)Cc4c([N+](=O)[O-])ncn4C)CC3)c2=O)c1Br. The zero-order chi connectivity index (χ0) is 37.2. The van der Waals surface area contributed by atoms with Crippen molar-refractivity contribution in [2.75, 3.05) is 53.3 Å². The van der Waals surface area contributed by atoms with E-state index in [0.29, 0.717) is 86.6 Å². The lowest BCUT2D eigenvalue weighted by atomic mass is 10.00. The van der Waals surface area contributed by atoms with Crippen molar-refractivity contribution < 1.29 is 23.7 Å². The summed E-state index contributed by atoms with van der Waals surface area (Å²) in [5.74, 6) is 1.43. The van der Waals surface area contributed by atoms with Crippen LogP contribution in [0.5, 0.6) is 11.5 Å². The Bertz CT molecular complexity index is 2020. The topological polar surface area (TPSA) is 147 Å². The van der Waals surface area contributed by atoms with Crippen LogP contribution in [0.3, 0.4) is 0 Å². The smallest absolute Gasteiger partial charge is 0.390 e. The number of pyridine rings is 2. The summed E-state index contributed by atoms with van der Waals surface area (Å²) in [6.45, 7) is 5.85. The number of aromatic nitrogens is 4. The van der Waals surface area contributed by atoms with Crippen LogP contribution < -0.4 is 20.3 Å². The van der Waals surface area contributed by atoms with Crippen molar-refractivity contribution >= 4 is 60.3 Å². The number of benzene rings is 1. The zero-order valence-electron chi connectivity index (χ0n) is 29.8. The number of piperidine rings is 1. The lowest BCUT2D eigenvalue weighted by Gasteiger charge is -2.33. The van der Waals surface area contributed by atoms with Gasteiger partial charge in [0.05, 0.1) is 54.9 Å². The van der Waals surface area contributed by atoms with Crippen LogP contribution in [0.15, 0.2) is 56.6 Å². The first kappa shape index (κ1) is 38.0. The number of nitrogens with zero attached hydrogens (tertiary/aromatic N) is 7. The lowest BCUT2D eigenvalue weighted by Crippen LogP contribution is -2.41. The number of methoxy groups -OCH3 is 2. The number of hydrogen-bond acceptors (Lipinski definition) is 9. The van der Waals surface area contributed by atoms with Crippen molar-refractivity contribution in [2.24, 2.45) is 7.05 Å². The second-order valence-electron chi connectivity index (χ2n) is 13.6. The highest BCUT2D eigenvalue weighted by Gasteiger charge is 2.29. The Morgan fingerprint density at radius 1 is 1.12 bits per heavy atom. The highest BCUT2D eigenvalue weighted by molar-refractivity contribution is 9.11. The molecule has 14 nitrogen and oxygen atoms in total. The molecule has 1 aliphatic heterocycles. The maximum absolute atomic E-state index is 14.6. The van der Waals surface area contributed by atoms with E-state index in [1.54, 1.807) is 49.1 Å². The number of nitrogens with one attached hydrogen (secondary N) is 1. The first-order valence-corrected chi connectivity index (χ1v) is 18.1. The molecule has 272 valence electrons. The van der Waals surface area contributed by atoms with E-state index < -0.39 is 4.92 Å². The van der Waals surface area contributed by atoms with Crippen LogP contribution in [0.1, 0.15) is 38.4 Å². The van der Waals surface area contributed by atoms with Gasteiger partial charge in [0, 0.05) is 67.6 Å². The Balaban J connectivity index is 1.41. The summed E-state index contributed by atoms with van der Waals surface area (Å²) < 4.78 is 16.3. The number of halogens is 2. The van der Waals surface area contributed by atoms with Crippen LogP contribution in [0.4, 0.5) is 11.6 Å². The first-order chi connectivity index (χ1) is 24.1. The Morgan fingerprint density at radius 2 is 1.76 bits per heavy atom. The number of imidazole rings is 1. The predicted molar refractivity (Wildman–Crippen MR) is 203 cm³/mol. The van der Waals surface area contributed by atoms with Gasteiger partial charge in [0.15, 0.2) is 5.69 Å². The minimum absolute atomic E-state index is 0.116. The molecule has 3 aromatic heterocycles. The molecular formula is C35H43Br2N8O6+. The van der Waals surface area contributed by atoms with Gasteiger partial charge in [0.1, 0.15) is 23.9 Å². The first-order valence-electron chi connectivity index (χ1n) is 16.5. The fourth-order valence-electron chi connectivity index (χ4n) is 6.41. The molecule has 4 aromatic rings. The number of ether oxygens (including phenoxy) is 2. The van der Waals surface area contributed by atoms with Gasteiger partial charge in [0.2, 0.25) is 12.2 Å². The molecule has 0 spiro atoms. The molecule has 4 heterocycles. The van der Waals surface area contributed by atoms with Crippen LogP contribution in [-0.4, -0.2) is 93.3 Å². The van der Waals surface area contributed by atoms with Crippen LogP contribution in [0.25, 0.3) is 22.0 Å². The van der Waals surface area contributed by atoms with Gasteiger partial charge in [-0.15, -0.1) is 0 Å². The number of anilines is 1. The van der Waals surface area contributed by atoms with Gasteiger partial charge in [-0.3, -0.25) is 9.59 Å². The van der Waals surface area contributed by atoms with E-state index in [0.717, 1.165) is 10.9 Å². The van der Waals surface area contributed by atoms with E-state index in [1.165, 1.54) is 6.33 Å². The average molecular weight is 832 g/mol. The summed E-state index contributed by atoms with van der Waals surface area (Å²) >= 11 is 7.33. The van der Waals surface area contributed by atoms with E-state index in [9.17, 15) is 19.7 Å². The molecule has 51 heavy (non-hydrogen) atoms. The van der Waals surface area contributed by atoms with E-state index in [-0.39, 0.29) is 29.4 Å². The van der Waals surface area contributed by atoms with Gasteiger partial charge in [-0.25, -0.2) is 4.98 Å². The zero-order valence-corrected chi connectivity index (χ0v) is 32.9. The van der Waals surface area contributed by atoms with Crippen molar-refractivity contribution in [3.05, 3.63) is 78.0 Å². The number of carbonyl (C=O) groups excluding carboxylic acids is 1. The number of quaternary nitrogens is 1. The van der Waals surface area contributed by atoms with E-state index >= 15 is 0 Å². The summed E-state index contributed by atoms with van der Waals surface area (Å²) in [5, 5.41) is 15.6. The molecule has 1 aromatic carbocycles. The highest BCUT2D eigenvalue weighted by atomic mass is 79.9. The molecular weight excluding hydrogens is 788 g/mol. The molecule has 1 N–H and O–H groups in total. The molecule has 0 unspecified atom stereocenters. The second kappa shape index (κ2) is 15.5. The maximum atomic E-state index is 14.6. The molecule has 1 amide bonds. The maximum Gasteiger partial charge on any atom is 0.390 e. The summed E-state index contributed by atoms with van der Waals surface area (Å²) in [6, 6.07) is 5.47. The Labute approximate surface area is 313 Å². The number of carbonyl (C=O) groups is 1. The van der Waals surface area contributed by atoms with Crippen LogP contribution in [0.2, 0.25) is 0 Å². The molecule has 0 saturated carbocycles. The molecule has 0 bridgehead atoms. The van der Waals surface area contributed by atoms with Gasteiger partial charge in [-0.2, -0.15) is 0 Å². The number of likely N-dealkylation sites (N-methyl/N-ethyl adjacent to an activating group) is 1. The third-order valence-electron chi connectivity index (χ3n) is 8.99. The van der Waals surface area contributed by atoms with Crippen molar-refractivity contribution in [2.45, 2.75) is 45.3 Å². The molecule has 1 aliphatic rings. The number of likely N-dealkylation sites (tertiary alicyclic amines) is 1. The summed E-state index contributed by atoms with van der Waals surface area (Å²) in [5.41, 5.74) is 2.14. The van der Waals surface area contributed by atoms with Gasteiger partial charge < -0.3 is 43.4 Å². The van der Waals surface area contributed by atoms with E-state index in [1.807, 2.05) is 50.7 Å². The van der Waals surface area contributed by atoms with Crippen LogP contribution in [0, 0.1) is 10.1 Å². The standard InChI is InChI=1S/C35H42Br2N8O6/c1-21(2)40-29-16-25-22(18-38-29)15-24(31-32(36)27(50-6)17-28(51-7)33(31)37)35(47)43(25)23-10-12-42(13-11-23)30(46)9-8-14-45(4,5)19-26-34(44(48)49)39-20-41(26)3/h8-9,15-18,20-21,23H,10-14,19H2,1-7H3/p+1/b9-8+. The minimum Gasteiger partial charge on any atom is -0.495 e. The molecule has 5 rings (SSSR count). The van der Waals surface area contributed by atoms with Crippen molar-refractivity contribution in [1.29, 1.82) is 0 Å². The average Bonchev–Trinajstić information content (AvgIpc) is 3.44. The number of hydrogen-bond donors (Lipinski definition) is 1. The highest BCUT2D eigenvalue weighted by Crippen LogP contribution is 2.46.